The summed E-state index contributed by atoms with van der Waals surface area (Å²) in [6.07, 6.45) is 7.79. The summed E-state index contributed by atoms with van der Waals surface area (Å²) >= 11 is 0. The van der Waals surface area contributed by atoms with E-state index in [1.54, 1.807) is 0 Å². The Morgan fingerprint density at radius 3 is 1.71 bits per heavy atom. The highest BCUT2D eigenvalue weighted by atomic mass is 28.3. The fourth-order valence-electron chi connectivity index (χ4n) is 6.10. The maximum atomic E-state index is 4.39. The monoisotopic (exact) mass is 450 g/mol. The summed E-state index contributed by atoms with van der Waals surface area (Å²) in [5.41, 5.74) is 4.05. The number of rotatable bonds is 2. The zero-order valence-corrected chi connectivity index (χ0v) is 19.9. The van der Waals surface area contributed by atoms with Crippen molar-refractivity contribution in [2.75, 3.05) is 0 Å². The SMILES string of the molecule is Cc1ccc2c(c1)[Si](c1ccncc1)(c1ccncc1)c1c-2c2ccccc2c2ccccc12. The van der Waals surface area contributed by atoms with Crippen molar-refractivity contribution in [2.24, 2.45) is 0 Å². The van der Waals surface area contributed by atoms with Crippen LogP contribution in [0.3, 0.4) is 0 Å². The maximum absolute atomic E-state index is 4.39. The van der Waals surface area contributed by atoms with Gasteiger partial charge in [0, 0.05) is 24.8 Å². The van der Waals surface area contributed by atoms with Crippen molar-refractivity contribution in [1.29, 1.82) is 0 Å². The first-order valence-corrected chi connectivity index (χ1v) is 13.7. The molecular weight excluding hydrogens is 428 g/mol. The van der Waals surface area contributed by atoms with Gasteiger partial charge >= 0.3 is 0 Å². The summed E-state index contributed by atoms with van der Waals surface area (Å²) in [7, 11) is -2.62. The molecule has 0 amide bonds. The van der Waals surface area contributed by atoms with Crippen LogP contribution in [0.1, 0.15) is 5.56 Å². The summed E-state index contributed by atoms with van der Waals surface area (Å²) in [6, 6.07) is 33.8. The molecule has 2 aromatic heterocycles. The molecule has 0 aliphatic carbocycles. The standard InChI is InChI=1S/C31H22N2Si/c1-21-10-11-28-29(20-21)34(22-12-16-32-17-13-22,23-14-18-33-19-15-23)31-27-9-5-3-7-25(27)24-6-2-4-8-26(24)30(28)31/h2-20H,1H3. The molecule has 2 nitrogen and oxygen atoms in total. The molecule has 0 fully saturated rings. The second kappa shape index (κ2) is 7.21. The van der Waals surface area contributed by atoms with Gasteiger partial charge in [0.25, 0.3) is 0 Å². The number of hydrogen-bond acceptors (Lipinski definition) is 2. The molecule has 0 N–H and O–H groups in total. The van der Waals surface area contributed by atoms with Crippen LogP contribution in [-0.2, 0) is 0 Å². The minimum atomic E-state index is -2.62. The highest BCUT2D eigenvalue weighted by molar-refractivity contribution is 7.23. The molecule has 1 aliphatic heterocycles. The Labute approximate surface area is 199 Å². The average Bonchev–Trinajstić information content (AvgIpc) is 3.21. The lowest BCUT2D eigenvalue weighted by Crippen LogP contribution is -2.73. The average molecular weight is 451 g/mol. The van der Waals surface area contributed by atoms with E-state index in [1.165, 1.54) is 59.0 Å². The van der Waals surface area contributed by atoms with Crippen LogP contribution in [-0.4, -0.2) is 18.0 Å². The van der Waals surface area contributed by atoms with Crippen molar-refractivity contribution in [2.45, 2.75) is 6.92 Å². The van der Waals surface area contributed by atoms with Gasteiger partial charge < -0.3 is 0 Å². The van der Waals surface area contributed by atoms with Crippen LogP contribution in [0.25, 0.3) is 32.7 Å². The second-order valence-corrected chi connectivity index (χ2v) is 12.8. The zero-order chi connectivity index (χ0) is 22.7. The third kappa shape index (κ3) is 2.45. The number of aromatic nitrogens is 2. The van der Waals surface area contributed by atoms with Crippen LogP contribution in [0.5, 0.6) is 0 Å². The van der Waals surface area contributed by atoms with Crippen LogP contribution in [0, 0.1) is 6.92 Å². The van der Waals surface area contributed by atoms with Gasteiger partial charge in [-0.3, -0.25) is 9.97 Å². The van der Waals surface area contributed by atoms with Crippen molar-refractivity contribution in [3.8, 4) is 11.1 Å². The molecule has 0 bridgehead atoms. The molecule has 3 heteroatoms. The van der Waals surface area contributed by atoms with E-state index in [0.717, 1.165) is 0 Å². The van der Waals surface area contributed by atoms with Crippen molar-refractivity contribution in [3.05, 3.63) is 121 Å². The Bertz CT molecular complexity index is 1670. The molecule has 0 unspecified atom stereocenters. The fraction of sp³-hybridized carbons (Fsp3) is 0.0323. The minimum Gasteiger partial charge on any atom is -0.265 e. The van der Waals surface area contributed by atoms with Gasteiger partial charge in [-0.2, -0.15) is 0 Å². The van der Waals surface area contributed by atoms with E-state index in [-0.39, 0.29) is 0 Å². The quantitative estimate of drug-likeness (QED) is 0.287. The lowest BCUT2D eigenvalue weighted by molar-refractivity contribution is 1.33. The lowest BCUT2D eigenvalue weighted by Gasteiger charge is -2.32. The van der Waals surface area contributed by atoms with Gasteiger partial charge in [0.1, 0.15) is 0 Å². The highest BCUT2D eigenvalue weighted by Crippen LogP contribution is 2.39. The Kier molecular flexibility index (Phi) is 4.11. The minimum absolute atomic E-state index is 1.29. The molecule has 0 saturated carbocycles. The summed E-state index contributed by atoms with van der Waals surface area (Å²) in [4.78, 5) is 8.79. The van der Waals surface area contributed by atoms with E-state index in [4.69, 9.17) is 0 Å². The molecule has 34 heavy (non-hydrogen) atoms. The second-order valence-electron chi connectivity index (χ2n) is 9.11. The Morgan fingerprint density at radius 1 is 0.559 bits per heavy atom. The molecule has 1 aliphatic rings. The van der Waals surface area contributed by atoms with E-state index >= 15 is 0 Å². The summed E-state index contributed by atoms with van der Waals surface area (Å²) in [5, 5.41) is 11.0. The molecule has 0 atom stereocenters. The van der Waals surface area contributed by atoms with E-state index < -0.39 is 8.07 Å². The van der Waals surface area contributed by atoms with Crippen molar-refractivity contribution >= 4 is 50.4 Å². The first-order valence-electron chi connectivity index (χ1n) is 11.7. The molecule has 3 heterocycles. The van der Waals surface area contributed by atoms with Crippen LogP contribution in [0.15, 0.2) is 116 Å². The number of pyridine rings is 2. The van der Waals surface area contributed by atoms with E-state index in [9.17, 15) is 0 Å². The summed E-state index contributed by atoms with van der Waals surface area (Å²) < 4.78 is 0. The first-order chi connectivity index (χ1) is 16.8. The molecule has 0 spiro atoms. The van der Waals surface area contributed by atoms with Crippen LogP contribution in [0.4, 0.5) is 0 Å². The molecular formula is C31H22N2Si. The third-order valence-corrected chi connectivity index (χ3v) is 12.3. The summed E-state index contributed by atoms with van der Waals surface area (Å²) in [5.74, 6) is 0. The fourth-order valence-corrected chi connectivity index (χ4v) is 11.5. The van der Waals surface area contributed by atoms with Crippen LogP contribution >= 0.6 is 0 Å². The largest absolute Gasteiger partial charge is 0.265 e. The topological polar surface area (TPSA) is 25.8 Å². The maximum Gasteiger partial charge on any atom is 0.181 e. The van der Waals surface area contributed by atoms with Crippen molar-refractivity contribution < 1.29 is 0 Å². The molecule has 160 valence electrons. The van der Waals surface area contributed by atoms with Gasteiger partial charge in [-0.1, -0.05) is 72.3 Å². The predicted octanol–water partition coefficient (Wildman–Crippen LogP) is 4.45. The number of fused-ring (bicyclic) bond motifs is 8. The third-order valence-electron chi connectivity index (χ3n) is 7.38. The first kappa shape index (κ1) is 19.4. The molecule has 4 aromatic carbocycles. The smallest absolute Gasteiger partial charge is 0.181 e. The number of nitrogens with zero attached hydrogens (tertiary/aromatic N) is 2. The van der Waals surface area contributed by atoms with E-state index in [2.05, 4.69) is 108 Å². The van der Waals surface area contributed by atoms with E-state index in [1.807, 2.05) is 24.8 Å². The number of aryl methyl sites for hydroxylation is 1. The van der Waals surface area contributed by atoms with Crippen molar-refractivity contribution in [3.63, 3.8) is 0 Å². The molecule has 0 saturated heterocycles. The number of benzene rings is 4. The van der Waals surface area contributed by atoms with Gasteiger partial charge in [-0.25, -0.2) is 0 Å². The van der Waals surface area contributed by atoms with Crippen LogP contribution < -0.4 is 20.7 Å². The Morgan fingerprint density at radius 2 is 1.09 bits per heavy atom. The highest BCUT2D eigenvalue weighted by Gasteiger charge is 2.50. The normalized spacial score (nSPS) is 13.7. The van der Waals surface area contributed by atoms with Gasteiger partial charge in [0.2, 0.25) is 0 Å². The summed E-state index contributed by atoms with van der Waals surface area (Å²) in [6.45, 7) is 2.21. The van der Waals surface area contributed by atoms with Crippen molar-refractivity contribution in [1.82, 2.24) is 9.97 Å². The van der Waals surface area contributed by atoms with Gasteiger partial charge in [0.05, 0.1) is 0 Å². The predicted molar refractivity (Wildman–Crippen MR) is 144 cm³/mol. The van der Waals surface area contributed by atoms with Crippen LogP contribution in [0.2, 0.25) is 0 Å². The van der Waals surface area contributed by atoms with E-state index in [0.29, 0.717) is 0 Å². The molecule has 0 radical (unpaired) electrons. The molecule has 6 aromatic rings. The van der Waals surface area contributed by atoms with Gasteiger partial charge in [0.15, 0.2) is 8.07 Å². The van der Waals surface area contributed by atoms with Gasteiger partial charge in [-0.15, -0.1) is 0 Å². The Balaban J connectivity index is 1.82. The zero-order valence-electron chi connectivity index (χ0n) is 18.9. The van der Waals surface area contributed by atoms with Gasteiger partial charge in [-0.05, 0) is 84.6 Å². The number of hydrogen-bond donors (Lipinski definition) is 0. The lowest BCUT2D eigenvalue weighted by atomic mass is 9.93. The Hall–Kier alpha value is -4.08. The molecule has 7 rings (SSSR count).